The molecule has 2 amide bonds. The van der Waals surface area contributed by atoms with Crippen LogP contribution in [-0.4, -0.2) is 44.7 Å². The maximum absolute atomic E-state index is 12.7. The van der Waals surface area contributed by atoms with Crippen LogP contribution in [0.1, 0.15) is 26.2 Å². The number of hydrogen-bond donors (Lipinski definition) is 2. The van der Waals surface area contributed by atoms with Gasteiger partial charge in [-0.3, -0.25) is 9.59 Å². The Morgan fingerprint density at radius 2 is 1.85 bits per heavy atom. The zero-order chi connectivity index (χ0) is 18.9. The first kappa shape index (κ1) is 21.3. The predicted molar refractivity (Wildman–Crippen MR) is 106 cm³/mol. The van der Waals surface area contributed by atoms with Gasteiger partial charge >= 0.3 is 0 Å². The molecular formula is C19H28ClN3O4. The molecule has 1 saturated carbocycles. The van der Waals surface area contributed by atoms with Gasteiger partial charge < -0.3 is 25.4 Å². The van der Waals surface area contributed by atoms with E-state index in [9.17, 15) is 9.59 Å². The Kier molecular flexibility index (Phi) is 6.59. The van der Waals surface area contributed by atoms with Gasteiger partial charge in [0.2, 0.25) is 11.8 Å². The van der Waals surface area contributed by atoms with E-state index in [1.54, 1.807) is 37.3 Å². The third-order valence-corrected chi connectivity index (χ3v) is 5.45. The van der Waals surface area contributed by atoms with E-state index in [0.29, 0.717) is 36.2 Å². The summed E-state index contributed by atoms with van der Waals surface area (Å²) in [6.07, 6.45) is 2.37. The lowest BCUT2D eigenvalue weighted by atomic mass is 9.94. The minimum Gasteiger partial charge on any atom is -0.497 e. The zero-order valence-electron chi connectivity index (χ0n) is 16.0. The predicted octanol–water partition coefficient (Wildman–Crippen LogP) is 1.72. The number of halogens is 1. The molecule has 1 aliphatic heterocycles. The number of nitrogens with one attached hydrogen (secondary N) is 1. The molecule has 27 heavy (non-hydrogen) atoms. The van der Waals surface area contributed by atoms with Crippen LogP contribution in [0, 0.1) is 11.8 Å². The number of anilines is 1. The monoisotopic (exact) mass is 397 g/mol. The summed E-state index contributed by atoms with van der Waals surface area (Å²) in [7, 11) is 3.12. The standard InChI is InChI=1S/C19H27N3O4.ClH/c1-19(11-20,13-4-5-13)21-18(24)12-6-17(23)22(10-12)14-7-15(25-2)9-16(8-14)26-3;/h7-9,12-13H,4-6,10-11,20H2,1-3H3,(H,21,24);1H. The molecule has 1 saturated heterocycles. The topological polar surface area (TPSA) is 93.9 Å². The van der Waals surface area contributed by atoms with Crippen LogP contribution in [0.5, 0.6) is 11.5 Å². The average molecular weight is 398 g/mol. The first-order valence-electron chi connectivity index (χ1n) is 8.95. The Morgan fingerprint density at radius 3 is 2.33 bits per heavy atom. The van der Waals surface area contributed by atoms with Crippen LogP contribution in [0.2, 0.25) is 0 Å². The Hall–Kier alpha value is -1.99. The lowest BCUT2D eigenvalue weighted by Crippen LogP contribution is -2.54. The number of rotatable bonds is 7. The molecule has 1 heterocycles. The van der Waals surface area contributed by atoms with Gasteiger partial charge in [0, 0.05) is 37.7 Å². The maximum Gasteiger partial charge on any atom is 0.227 e. The van der Waals surface area contributed by atoms with Gasteiger partial charge in [-0.2, -0.15) is 0 Å². The highest BCUT2D eigenvalue weighted by Crippen LogP contribution is 2.39. The average Bonchev–Trinajstić information content (AvgIpc) is 3.43. The number of hydrogen-bond acceptors (Lipinski definition) is 5. The van der Waals surface area contributed by atoms with Gasteiger partial charge in [-0.1, -0.05) is 0 Å². The first-order chi connectivity index (χ1) is 12.4. The summed E-state index contributed by atoms with van der Waals surface area (Å²) in [5.74, 6) is 1.07. The molecule has 3 N–H and O–H groups in total. The second-order valence-corrected chi connectivity index (χ2v) is 7.36. The number of amides is 2. The van der Waals surface area contributed by atoms with Crippen molar-refractivity contribution >= 4 is 29.9 Å². The van der Waals surface area contributed by atoms with Crippen molar-refractivity contribution in [2.24, 2.45) is 17.6 Å². The van der Waals surface area contributed by atoms with Crippen LogP contribution in [0.4, 0.5) is 5.69 Å². The Morgan fingerprint density at radius 1 is 1.26 bits per heavy atom. The van der Waals surface area contributed by atoms with Gasteiger partial charge in [-0.25, -0.2) is 0 Å². The van der Waals surface area contributed by atoms with Crippen molar-refractivity contribution in [2.45, 2.75) is 31.7 Å². The summed E-state index contributed by atoms with van der Waals surface area (Å²) < 4.78 is 10.5. The van der Waals surface area contributed by atoms with E-state index >= 15 is 0 Å². The molecule has 0 bridgehead atoms. The van der Waals surface area contributed by atoms with Crippen LogP contribution in [0.3, 0.4) is 0 Å². The third kappa shape index (κ3) is 4.47. The normalized spacial score (nSPS) is 21.3. The van der Waals surface area contributed by atoms with Crippen molar-refractivity contribution in [1.29, 1.82) is 0 Å². The lowest BCUT2D eigenvalue weighted by Gasteiger charge is -2.30. The summed E-state index contributed by atoms with van der Waals surface area (Å²) in [6, 6.07) is 5.29. The van der Waals surface area contributed by atoms with Crippen LogP contribution in [0.25, 0.3) is 0 Å². The molecule has 7 nitrogen and oxygen atoms in total. The Labute approximate surface area is 166 Å². The fraction of sp³-hybridized carbons (Fsp3) is 0.579. The molecule has 1 aromatic rings. The molecular weight excluding hydrogens is 370 g/mol. The number of carbonyl (C=O) groups excluding carboxylic acids is 2. The van der Waals surface area contributed by atoms with Gasteiger partial charge in [-0.15, -0.1) is 12.4 Å². The van der Waals surface area contributed by atoms with Crippen molar-refractivity contribution in [3.8, 4) is 11.5 Å². The summed E-state index contributed by atoms with van der Waals surface area (Å²) in [4.78, 5) is 26.9. The smallest absolute Gasteiger partial charge is 0.227 e. The summed E-state index contributed by atoms with van der Waals surface area (Å²) in [5.41, 5.74) is 6.17. The number of ether oxygens (including phenoxy) is 2. The lowest BCUT2D eigenvalue weighted by molar-refractivity contribution is -0.128. The molecule has 1 aliphatic carbocycles. The first-order valence-corrected chi connectivity index (χ1v) is 8.95. The molecule has 2 fully saturated rings. The van der Waals surface area contributed by atoms with Gasteiger partial charge in [0.25, 0.3) is 0 Å². The van der Waals surface area contributed by atoms with Gasteiger partial charge in [0.1, 0.15) is 11.5 Å². The van der Waals surface area contributed by atoms with E-state index in [1.807, 2.05) is 6.92 Å². The van der Waals surface area contributed by atoms with Gasteiger partial charge in [0.05, 0.1) is 31.4 Å². The number of benzene rings is 1. The Bertz CT molecular complexity index is 688. The maximum atomic E-state index is 12.7. The molecule has 150 valence electrons. The molecule has 2 aliphatic rings. The van der Waals surface area contributed by atoms with Crippen LogP contribution < -0.4 is 25.4 Å². The number of carbonyl (C=O) groups is 2. The van der Waals surface area contributed by atoms with E-state index < -0.39 is 0 Å². The summed E-state index contributed by atoms with van der Waals surface area (Å²) in [6.45, 7) is 2.73. The Balaban J connectivity index is 0.00000261. The SMILES string of the molecule is COc1cc(OC)cc(N2CC(C(=O)NC(C)(CN)C3CC3)CC2=O)c1.Cl. The number of nitrogens with two attached hydrogens (primary N) is 1. The van der Waals surface area contributed by atoms with Crippen molar-refractivity contribution in [3.63, 3.8) is 0 Å². The van der Waals surface area contributed by atoms with Crippen LogP contribution >= 0.6 is 12.4 Å². The molecule has 0 spiro atoms. The molecule has 8 heteroatoms. The van der Waals surface area contributed by atoms with Crippen molar-refractivity contribution < 1.29 is 19.1 Å². The molecule has 1 aromatic carbocycles. The highest BCUT2D eigenvalue weighted by Gasteiger charge is 2.44. The molecule has 0 radical (unpaired) electrons. The second-order valence-electron chi connectivity index (χ2n) is 7.36. The molecule has 2 unspecified atom stereocenters. The molecule has 0 aromatic heterocycles. The highest BCUT2D eigenvalue weighted by atomic mass is 35.5. The summed E-state index contributed by atoms with van der Waals surface area (Å²) >= 11 is 0. The van der Waals surface area contributed by atoms with Gasteiger partial charge in [0.15, 0.2) is 0 Å². The molecule has 3 rings (SSSR count). The van der Waals surface area contributed by atoms with E-state index in [2.05, 4.69) is 5.32 Å². The highest BCUT2D eigenvalue weighted by molar-refractivity contribution is 6.00. The van der Waals surface area contributed by atoms with E-state index in [0.717, 1.165) is 12.8 Å². The fourth-order valence-corrected chi connectivity index (χ4v) is 3.50. The van der Waals surface area contributed by atoms with E-state index in [4.69, 9.17) is 15.2 Å². The van der Waals surface area contributed by atoms with Gasteiger partial charge in [-0.05, 0) is 25.7 Å². The molecule has 2 atom stereocenters. The minimum atomic E-state index is -0.385. The van der Waals surface area contributed by atoms with Crippen molar-refractivity contribution in [3.05, 3.63) is 18.2 Å². The number of methoxy groups -OCH3 is 2. The van der Waals surface area contributed by atoms with E-state index in [1.165, 1.54) is 0 Å². The number of nitrogens with zero attached hydrogens (tertiary/aromatic N) is 1. The third-order valence-electron chi connectivity index (χ3n) is 5.45. The largest absolute Gasteiger partial charge is 0.497 e. The fourth-order valence-electron chi connectivity index (χ4n) is 3.50. The minimum absolute atomic E-state index is 0. The summed E-state index contributed by atoms with van der Waals surface area (Å²) in [5, 5.41) is 3.09. The van der Waals surface area contributed by atoms with Crippen LogP contribution in [0.15, 0.2) is 18.2 Å². The van der Waals surface area contributed by atoms with Crippen molar-refractivity contribution in [2.75, 3.05) is 32.2 Å². The second kappa shape index (κ2) is 8.35. The van der Waals surface area contributed by atoms with Crippen molar-refractivity contribution in [1.82, 2.24) is 5.32 Å². The quantitative estimate of drug-likeness (QED) is 0.730. The zero-order valence-corrected chi connectivity index (χ0v) is 16.8. The van der Waals surface area contributed by atoms with Crippen LogP contribution in [-0.2, 0) is 9.59 Å². The van der Waals surface area contributed by atoms with E-state index in [-0.39, 0.29) is 42.1 Å².